The van der Waals surface area contributed by atoms with Crippen molar-refractivity contribution in [2.24, 2.45) is 5.73 Å². The summed E-state index contributed by atoms with van der Waals surface area (Å²) in [6, 6.07) is 0.754. The number of ether oxygens (including phenoxy) is 2. The first kappa shape index (κ1) is 12.3. The van der Waals surface area contributed by atoms with Crippen LogP contribution < -0.4 is 5.73 Å². The Balaban J connectivity index is 1.67. The van der Waals surface area contributed by atoms with Crippen LogP contribution in [0, 0.1) is 0 Å². The van der Waals surface area contributed by atoms with Gasteiger partial charge in [0.1, 0.15) is 0 Å². The summed E-state index contributed by atoms with van der Waals surface area (Å²) in [6.45, 7) is 5.59. The quantitative estimate of drug-likeness (QED) is 0.765. The second-order valence-corrected chi connectivity index (χ2v) is 4.74. The lowest BCUT2D eigenvalue weighted by Crippen LogP contribution is -2.45. The Morgan fingerprint density at radius 2 is 1.81 bits per heavy atom. The normalized spacial score (nSPS) is 26.1. The lowest BCUT2D eigenvalue weighted by molar-refractivity contribution is -0.0201. The van der Waals surface area contributed by atoms with E-state index in [1.54, 1.807) is 0 Å². The highest BCUT2D eigenvalue weighted by Gasteiger charge is 2.26. The summed E-state index contributed by atoms with van der Waals surface area (Å²) >= 11 is 0. The molecule has 2 fully saturated rings. The Labute approximate surface area is 98.1 Å². The maximum atomic E-state index is 5.69. The van der Waals surface area contributed by atoms with E-state index in [-0.39, 0.29) is 0 Å². The molecule has 2 heterocycles. The van der Waals surface area contributed by atoms with Gasteiger partial charge in [-0.25, -0.2) is 0 Å². The Hall–Kier alpha value is -0.160. The topological polar surface area (TPSA) is 47.7 Å². The smallest absolute Gasteiger partial charge is 0.0600 e. The zero-order valence-electron chi connectivity index (χ0n) is 10.1. The van der Waals surface area contributed by atoms with Crippen molar-refractivity contribution in [3.8, 4) is 0 Å². The van der Waals surface area contributed by atoms with Gasteiger partial charge in [0.2, 0.25) is 0 Å². The number of nitrogens with two attached hydrogens (primary N) is 1. The SMILES string of the molecule is NCCOC1CCN(C2CCOCC2)CC1. The van der Waals surface area contributed by atoms with Crippen molar-refractivity contribution in [3.63, 3.8) is 0 Å². The Morgan fingerprint density at radius 1 is 1.12 bits per heavy atom. The minimum absolute atomic E-state index is 0.444. The van der Waals surface area contributed by atoms with Crippen LogP contribution in [-0.2, 0) is 9.47 Å². The van der Waals surface area contributed by atoms with Gasteiger partial charge in [0, 0.05) is 38.9 Å². The molecule has 2 N–H and O–H groups in total. The number of nitrogens with zero attached hydrogens (tertiary/aromatic N) is 1. The molecule has 0 bridgehead atoms. The summed E-state index contributed by atoms with van der Waals surface area (Å²) in [6.07, 6.45) is 5.18. The Kier molecular flexibility index (Phi) is 5.03. The molecule has 2 aliphatic rings. The average molecular weight is 228 g/mol. The molecule has 0 radical (unpaired) electrons. The first-order valence-corrected chi connectivity index (χ1v) is 6.53. The molecule has 0 atom stereocenters. The summed E-state index contributed by atoms with van der Waals surface area (Å²) in [5.74, 6) is 0. The fraction of sp³-hybridized carbons (Fsp3) is 1.00. The van der Waals surface area contributed by atoms with Gasteiger partial charge >= 0.3 is 0 Å². The van der Waals surface area contributed by atoms with E-state index in [0.717, 1.165) is 32.1 Å². The number of rotatable bonds is 4. The molecule has 0 saturated carbocycles. The molecule has 94 valence electrons. The maximum absolute atomic E-state index is 5.69. The van der Waals surface area contributed by atoms with Crippen molar-refractivity contribution in [3.05, 3.63) is 0 Å². The van der Waals surface area contributed by atoms with Gasteiger partial charge < -0.3 is 20.1 Å². The number of hydrogen-bond donors (Lipinski definition) is 1. The van der Waals surface area contributed by atoms with E-state index in [2.05, 4.69) is 4.90 Å². The van der Waals surface area contributed by atoms with Gasteiger partial charge in [-0.05, 0) is 25.7 Å². The van der Waals surface area contributed by atoms with Crippen LogP contribution in [0.1, 0.15) is 25.7 Å². The largest absolute Gasteiger partial charge is 0.381 e. The molecule has 16 heavy (non-hydrogen) atoms. The minimum Gasteiger partial charge on any atom is -0.381 e. The first-order chi connectivity index (χ1) is 7.90. The van der Waals surface area contributed by atoms with Gasteiger partial charge in [0.25, 0.3) is 0 Å². The van der Waals surface area contributed by atoms with Crippen LogP contribution in [0.15, 0.2) is 0 Å². The molecule has 2 rings (SSSR count). The van der Waals surface area contributed by atoms with Crippen LogP contribution in [0.4, 0.5) is 0 Å². The predicted octanol–water partition coefficient (Wildman–Crippen LogP) is 0.605. The van der Waals surface area contributed by atoms with Gasteiger partial charge in [-0.3, -0.25) is 0 Å². The van der Waals surface area contributed by atoms with Gasteiger partial charge in [0.05, 0.1) is 12.7 Å². The highest BCUT2D eigenvalue weighted by atomic mass is 16.5. The van der Waals surface area contributed by atoms with Crippen LogP contribution in [0.2, 0.25) is 0 Å². The van der Waals surface area contributed by atoms with Crippen LogP contribution in [-0.4, -0.2) is 56.5 Å². The molecular weight excluding hydrogens is 204 g/mol. The molecule has 2 saturated heterocycles. The number of piperidine rings is 1. The molecule has 2 aliphatic heterocycles. The minimum atomic E-state index is 0.444. The molecular formula is C12H24N2O2. The first-order valence-electron chi connectivity index (χ1n) is 6.53. The monoisotopic (exact) mass is 228 g/mol. The highest BCUT2D eigenvalue weighted by Crippen LogP contribution is 2.21. The maximum Gasteiger partial charge on any atom is 0.0600 e. The Bertz CT molecular complexity index is 187. The molecule has 0 aromatic heterocycles. The molecule has 0 unspecified atom stereocenters. The highest BCUT2D eigenvalue weighted by molar-refractivity contribution is 4.80. The van der Waals surface area contributed by atoms with Gasteiger partial charge in [0.15, 0.2) is 0 Å². The van der Waals surface area contributed by atoms with Crippen molar-refractivity contribution in [1.29, 1.82) is 0 Å². The van der Waals surface area contributed by atoms with E-state index >= 15 is 0 Å². The van der Waals surface area contributed by atoms with Crippen LogP contribution in [0.5, 0.6) is 0 Å². The van der Waals surface area contributed by atoms with Crippen molar-refractivity contribution >= 4 is 0 Å². The van der Waals surface area contributed by atoms with Crippen molar-refractivity contribution in [2.45, 2.75) is 37.8 Å². The summed E-state index contributed by atoms with van der Waals surface area (Å²) in [4.78, 5) is 2.62. The molecule has 0 aromatic carbocycles. The third-order valence-electron chi connectivity index (χ3n) is 3.66. The fourth-order valence-electron chi connectivity index (χ4n) is 2.69. The van der Waals surface area contributed by atoms with E-state index in [1.165, 1.54) is 25.9 Å². The third kappa shape index (κ3) is 3.42. The average Bonchev–Trinajstić information content (AvgIpc) is 2.38. The zero-order chi connectivity index (χ0) is 11.2. The summed E-state index contributed by atoms with van der Waals surface area (Å²) in [5, 5.41) is 0. The van der Waals surface area contributed by atoms with E-state index < -0.39 is 0 Å². The lowest BCUT2D eigenvalue weighted by Gasteiger charge is -2.39. The summed E-state index contributed by atoms with van der Waals surface area (Å²) in [7, 11) is 0. The summed E-state index contributed by atoms with van der Waals surface area (Å²) in [5.41, 5.74) is 5.44. The number of hydrogen-bond acceptors (Lipinski definition) is 4. The van der Waals surface area contributed by atoms with E-state index in [9.17, 15) is 0 Å². The molecule has 4 nitrogen and oxygen atoms in total. The Morgan fingerprint density at radius 3 is 2.44 bits per heavy atom. The molecule has 4 heteroatoms. The second-order valence-electron chi connectivity index (χ2n) is 4.74. The second kappa shape index (κ2) is 6.55. The van der Waals surface area contributed by atoms with E-state index in [4.69, 9.17) is 15.2 Å². The van der Waals surface area contributed by atoms with E-state index in [0.29, 0.717) is 19.3 Å². The molecule has 0 spiro atoms. The van der Waals surface area contributed by atoms with Gasteiger partial charge in [-0.1, -0.05) is 0 Å². The van der Waals surface area contributed by atoms with Crippen molar-refractivity contribution < 1.29 is 9.47 Å². The van der Waals surface area contributed by atoms with Gasteiger partial charge in [-0.15, -0.1) is 0 Å². The third-order valence-corrected chi connectivity index (χ3v) is 3.66. The fourth-order valence-corrected chi connectivity index (χ4v) is 2.69. The zero-order valence-corrected chi connectivity index (χ0v) is 10.1. The molecule has 0 amide bonds. The predicted molar refractivity (Wildman–Crippen MR) is 63.4 cm³/mol. The molecule has 0 aromatic rings. The standard InChI is InChI=1S/C12H24N2O2/c13-5-10-16-12-1-6-14(7-2-12)11-3-8-15-9-4-11/h11-12H,1-10,13H2. The van der Waals surface area contributed by atoms with E-state index in [1.807, 2.05) is 0 Å². The van der Waals surface area contributed by atoms with Crippen LogP contribution >= 0.6 is 0 Å². The van der Waals surface area contributed by atoms with Crippen LogP contribution in [0.3, 0.4) is 0 Å². The number of likely N-dealkylation sites (tertiary alicyclic amines) is 1. The van der Waals surface area contributed by atoms with Gasteiger partial charge in [-0.2, -0.15) is 0 Å². The van der Waals surface area contributed by atoms with Crippen LogP contribution in [0.25, 0.3) is 0 Å². The van der Waals surface area contributed by atoms with Crippen molar-refractivity contribution in [1.82, 2.24) is 4.90 Å². The molecule has 0 aliphatic carbocycles. The lowest BCUT2D eigenvalue weighted by atomic mass is 10.0. The van der Waals surface area contributed by atoms with Crippen molar-refractivity contribution in [2.75, 3.05) is 39.5 Å². The summed E-state index contributed by atoms with van der Waals surface area (Å²) < 4.78 is 11.1.